The standard InChI is InChI=1S/C6H13NO/c1-5(8)4-6-2-3-7-6/h5-8H,2-4H2,1H3. The van der Waals surface area contributed by atoms with Crippen molar-refractivity contribution < 1.29 is 5.11 Å². The van der Waals surface area contributed by atoms with Crippen LogP contribution in [0.15, 0.2) is 0 Å². The van der Waals surface area contributed by atoms with Crippen LogP contribution >= 0.6 is 0 Å². The summed E-state index contributed by atoms with van der Waals surface area (Å²) in [5, 5.41) is 12.1. The lowest BCUT2D eigenvalue weighted by atomic mass is 10.0. The number of hydrogen-bond donors (Lipinski definition) is 2. The predicted molar refractivity (Wildman–Crippen MR) is 32.7 cm³/mol. The van der Waals surface area contributed by atoms with E-state index in [0.717, 1.165) is 13.0 Å². The molecule has 0 aromatic carbocycles. The minimum absolute atomic E-state index is 0.132. The highest BCUT2D eigenvalue weighted by atomic mass is 16.3. The van der Waals surface area contributed by atoms with E-state index in [4.69, 9.17) is 5.11 Å². The van der Waals surface area contributed by atoms with Gasteiger partial charge in [-0.05, 0) is 26.3 Å². The van der Waals surface area contributed by atoms with Gasteiger partial charge in [-0.2, -0.15) is 0 Å². The lowest BCUT2D eigenvalue weighted by molar-refractivity contribution is 0.151. The predicted octanol–water partition coefficient (Wildman–Crippen LogP) is 0.119. The fraction of sp³-hybridized carbons (Fsp3) is 1.00. The van der Waals surface area contributed by atoms with Gasteiger partial charge in [-0.1, -0.05) is 0 Å². The van der Waals surface area contributed by atoms with E-state index in [1.54, 1.807) is 0 Å². The molecule has 0 radical (unpaired) electrons. The Morgan fingerprint density at radius 3 is 2.62 bits per heavy atom. The maximum atomic E-state index is 8.85. The Kier molecular flexibility index (Phi) is 1.86. The van der Waals surface area contributed by atoms with Gasteiger partial charge in [-0.15, -0.1) is 0 Å². The van der Waals surface area contributed by atoms with Crippen molar-refractivity contribution in [2.75, 3.05) is 6.54 Å². The van der Waals surface area contributed by atoms with Gasteiger partial charge in [-0.3, -0.25) is 0 Å². The van der Waals surface area contributed by atoms with Crippen LogP contribution < -0.4 is 5.32 Å². The molecule has 0 aliphatic carbocycles. The number of rotatable bonds is 2. The molecule has 1 aliphatic heterocycles. The molecule has 2 unspecified atom stereocenters. The highest BCUT2D eigenvalue weighted by Gasteiger charge is 2.17. The van der Waals surface area contributed by atoms with Gasteiger partial charge in [0.15, 0.2) is 0 Å². The zero-order valence-electron chi connectivity index (χ0n) is 5.22. The molecule has 1 heterocycles. The summed E-state index contributed by atoms with van der Waals surface area (Å²) in [5.41, 5.74) is 0. The molecule has 1 rings (SSSR count). The van der Waals surface area contributed by atoms with E-state index < -0.39 is 0 Å². The molecule has 0 aromatic heterocycles. The second-order valence-electron chi connectivity index (χ2n) is 2.52. The Bertz CT molecular complexity index is 68.9. The molecule has 1 fully saturated rings. The van der Waals surface area contributed by atoms with E-state index in [1.807, 2.05) is 6.92 Å². The first-order valence-electron chi connectivity index (χ1n) is 3.20. The molecule has 2 heteroatoms. The monoisotopic (exact) mass is 115 g/mol. The average Bonchev–Trinajstić information content (AvgIpc) is 1.55. The normalized spacial score (nSPS) is 31.5. The Balaban J connectivity index is 2.01. The molecule has 2 atom stereocenters. The van der Waals surface area contributed by atoms with Crippen LogP contribution in [0, 0.1) is 0 Å². The summed E-state index contributed by atoms with van der Waals surface area (Å²) < 4.78 is 0. The van der Waals surface area contributed by atoms with Crippen molar-refractivity contribution in [3.8, 4) is 0 Å². The van der Waals surface area contributed by atoms with Crippen molar-refractivity contribution in [3.05, 3.63) is 0 Å². The Hall–Kier alpha value is -0.0800. The second kappa shape index (κ2) is 2.46. The molecular formula is C6H13NO. The van der Waals surface area contributed by atoms with Crippen molar-refractivity contribution >= 4 is 0 Å². The summed E-state index contributed by atoms with van der Waals surface area (Å²) in [6.07, 6.45) is 2.03. The SMILES string of the molecule is CC(O)CC1CCN1. The summed E-state index contributed by atoms with van der Waals surface area (Å²) in [5.74, 6) is 0. The third kappa shape index (κ3) is 1.46. The van der Waals surface area contributed by atoms with E-state index in [1.165, 1.54) is 6.42 Å². The molecule has 2 N–H and O–H groups in total. The van der Waals surface area contributed by atoms with E-state index in [0.29, 0.717) is 6.04 Å². The molecule has 1 aliphatic rings. The molecule has 0 bridgehead atoms. The van der Waals surface area contributed by atoms with Crippen LogP contribution in [0.2, 0.25) is 0 Å². The van der Waals surface area contributed by atoms with Crippen molar-refractivity contribution in [3.63, 3.8) is 0 Å². The number of hydrogen-bond acceptors (Lipinski definition) is 2. The number of aliphatic hydroxyl groups is 1. The van der Waals surface area contributed by atoms with E-state index in [9.17, 15) is 0 Å². The van der Waals surface area contributed by atoms with Crippen LogP contribution in [0.25, 0.3) is 0 Å². The van der Waals surface area contributed by atoms with E-state index >= 15 is 0 Å². The number of nitrogens with one attached hydrogen (secondary N) is 1. The minimum Gasteiger partial charge on any atom is -0.393 e. The van der Waals surface area contributed by atoms with Gasteiger partial charge < -0.3 is 10.4 Å². The maximum absolute atomic E-state index is 8.85. The third-order valence-electron chi connectivity index (χ3n) is 1.55. The van der Waals surface area contributed by atoms with Gasteiger partial charge in [0.1, 0.15) is 0 Å². The van der Waals surface area contributed by atoms with E-state index in [2.05, 4.69) is 5.32 Å². The van der Waals surface area contributed by atoms with Gasteiger partial charge in [0.25, 0.3) is 0 Å². The molecule has 0 saturated carbocycles. The zero-order valence-corrected chi connectivity index (χ0v) is 5.22. The maximum Gasteiger partial charge on any atom is 0.0526 e. The van der Waals surface area contributed by atoms with Crippen molar-refractivity contribution in [2.45, 2.75) is 31.9 Å². The summed E-state index contributed by atoms with van der Waals surface area (Å²) in [7, 11) is 0. The van der Waals surface area contributed by atoms with Gasteiger partial charge in [-0.25, -0.2) is 0 Å². The molecule has 2 nitrogen and oxygen atoms in total. The highest BCUT2D eigenvalue weighted by molar-refractivity contribution is 4.78. The Morgan fingerprint density at radius 1 is 1.88 bits per heavy atom. The lowest BCUT2D eigenvalue weighted by Crippen LogP contribution is -2.44. The smallest absolute Gasteiger partial charge is 0.0526 e. The Morgan fingerprint density at radius 2 is 2.50 bits per heavy atom. The van der Waals surface area contributed by atoms with E-state index in [-0.39, 0.29) is 6.10 Å². The van der Waals surface area contributed by atoms with Crippen LogP contribution in [-0.2, 0) is 0 Å². The van der Waals surface area contributed by atoms with Crippen molar-refractivity contribution in [1.82, 2.24) is 5.32 Å². The second-order valence-corrected chi connectivity index (χ2v) is 2.52. The van der Waals surface area contributed by atoms with Crippen LogP contribution in [0.1, 0.15) is 19.8 Å². The van der Waals surface area contributed by atoms with Crippen LogP contribution in [0.4, 0.5) is 0 Å². The van der Waals surface area contributed by atoms with Crippen LogP contribution in [-0.4, -0.2) is 23.8 Å². The summed E-state index contributed by atoms with van der Waals surface area (Å²) in [6.45, 7) is 2.97. The van der Waals surface area contributed by atoms with Gasteiger partial charge >= 0.3 is 0 Å². The summed E-state index contributed by atoms with van der Waals surface area (Å²) in [6, 6.07) is 0.606. The first-order chi connectivity index (χ1) is 3.79. The average molecular weight is 115 g/mol. The largest absolute Gasteiger partial charge is 0.393 e. The first kappa shape index (κ1) is 6.05. The number of aliphatic hydroxyl groups excluding tert-OH is 1. The van der Waals surface area contributed by atoms with Crippen LogP contribution in [0.3, 0.4) is 0 Å². The van der Waals surface area contributed by atoms with Crippen molar-refractivity contribution in [2.24, 2.45) is 0 Å². The van der Waals surface area contributed by atoms with Crippen LogP contribution in [0.5, 0.6) is 0 Å². The molecule has 1 saturated heterocycles. The lowest BCUT2D eigenvalue weighted by Gasteiger charge is -2.28. The quantitative estimate of drug-likeness (QED) is 0.535. The Labute approximate surface area is 49.9 Å². The van der Waals surface area contributed by atoms with Gasteiger partial charge in [0.2, 0.25) is 0 Å². The molecule has 8 heavy (non-hydrogen) atoms. The zero-order chi connectivity index (χ0) is 5.98. The fourth-order valence-electron chi connectivity index (χ4n) is 0.961. The fourth-order valence-corrected chi connectivity index (χ4v) is 0.961. The summed E-state index contributed by atoms with van der Waals surface area (Å²) in [4.78, 5) is 0. The van der Waals surface area contributed by atoms with Gasteiger partial charge in [0.05, 0.1) is 6.10 Å². The molecule has 0 spiro atoms. The third-order valence-corrected chi connectivity index (χ3v) is 1.55. The molecule has 0 amide bonds. The minimum atomic E-state index is -0.132. The van der Waals surface area contributed by atoms with Gasteiger partial charge in [0, 0.05) is 6.04 Å². The molecule has 0 aromatic rings. The first-order valence-corrected chi connectivity index (χ1v) is 3.20. The molecule has 48 valence electrons. The molecular weight excluding hydrogens is 102 g/mol. The van der Waals surface area contributed by atoms with Crippen molar-refractivity contribution in [1.29, 1.82) is 0 Å². The topological polar surface area (TPSA) is 32.3 Å². The highest BCUT2D eigenvalue weighted by Crippen LogP contribution is 2.08. The summed E-state index contributed by atoms with van der Waals surface area (Å²) >= 11 is 0.